The third kappa shape index (κ3) is 3.86. The second-order valence-corrected chi connectivity index (χ2v) is 6.99. The summed E-state index contributed by atoms with van der Waals surface area (Å²) in [6, 6.07) is 32.8. The zero-order valence-corrected chi connectivity index (χ0v) is 16.0. The highest BCUT2D eigenvalue weighted by Crippen LogP contribution is 2.36. The summed E-state index contributed by atoms with van der Waals surface area (Å²) in [5.74, 6) is 3.97. The maximum atomic E-state index is 5.78. The number of benzene rings is 4. The van der Waals surface area contributed by atoms with Crippen LogP contribution in [0.25, 0.3) is 0 Å². The number of rotatable bonds is 0. The van der Waals surface area contributed by atoms with Crippen LogP contribution in [0.15, 0.2) is 97.1 Å². The lowest BCUT2D eigenvalue weighted by atomic mass is 10.0. The molecule has 4 aromatic rings. The lowest BCUT2D eigenvalue weighted by molar-refractivity contribution is 0.460. The van der Waals surface area contributed by atoms with Gasteiger partial charge in [0.1, 0.15) is 23.0 Å². The molecule has 0 aliphatic carbocycles. The molecule has 2 aliphatic heterocycles. The van der Waals surface area contributed by atoms with Crippen molar-refractivity contribution in [2.75, 3.05) is 0 Å². The van der Waals surface area contributed by atoms with E-state index >= 15 is 0 Å². The average Bonchev–Trinajstić information content (AvgIpc) is 2.76. The number of para-hydroxylation sites is 4. The highest BCUT2D eigenvalue weighted by atomic mass is 16.5. The Morgan fingerprint density at radius 3 is 0.897 bits per heavy atom. The number of hydrogen-bond acceptors (Lipinski definition) is 2. The predicted molar refractivity (Wildman–Crippen MR) is 115 cm³/mol. The minimum atomic E-state index is 0. The van der Waals surface area contributed by atoms with Gasteiger partial charge in [-0.05, 0) is 46.5 Å². The van der Waals surface area contributed by atoms with Crippen LogP contribution in [0.2, 0.25) is 0 Å². The van der Waals surface area contributed by atoms with Crippen LogP contribution in [0.4, 0.5) is 0 Å². The molecule has 144 valence electrons. The van der Waals surface area contributed by atoms with Crippen LogP contribution < -0.4 is 9.47 Å². The monoisotopic (exact) mass is 382 g/mol. The topological polar surface area (TPSA) is 50.0 Å². The summed E-state index contributed by atoms with van der Waals surface area (Å²) in [6.07, 6.45) is 1.96. The largest absolute Gasteiger partial charge is 0.457 e. The van der Waals surface area contributed by atoms with Gasteiger partial charge in [0.25, 0.3) is 0 Å². The zero-order valence-electron chi connectivity index (χ0n) is 16.0. The number of fused-ring (bicyclic) bond motifs is 4. The third-order valence-electron chi connectivity index (χ3n) is 5.09. The molecule has 0 spiro atoms. The zero-order chi connectivity index (χ0) is 18.8. The van der Waals surface area contributed by atoms with Gasteiger partial charge in [-0.1, -0.05) is 72.8 Å². The van der Waals surface area contributed by atoms with Crippen LogP contribution in [0.5, 0.6) is 23.0 Å². The molecule has 0 bridgehead atoms. The van der Waals surface area contributed by atoms with Gasteiger partial charge in [0, 0.05) is 12.8 Å². The van der Waals surface area contributed by atoms with E-state index in [2.05, 4.69) is 48.5 Å². The Morgan fingerprint density at radius 2 is 0.621 bits per heavy atom. The minimum absolute atomic E-state index is 0. The highest BCUT2D eigenvalue weighted by molar-refractivity contribution is 5.50. The van der Waals surface area contributed by atoms with E-state index < -0.39 is 0 Å². The van der Waals surface area contributed by atoms with Crippen LogP contribution in [0.1, 0.15) is 22.3 Å². The van der Waals surface area contributed by atoms with Gasteiger partial charge in [-0.2, -0.15) is 0 Å². The lowest BCUT2D eigenvalue weighted by Gasteiger charge is -2.19. The Hall–Kier alpha value is -3.56. The van der Waals surface area contributed by atoms with E-state index in [0.717, 1.165) is 35.8 Å². The standard InChI is InChI=1S/2C13H10O.H2O/c2*1-3-7-12-10(5-1)9-11-6-2-4-8-13(11)14-12;/h2*1-8H,9H2;1H2. The normalized spacial score (nSPS) is 12.1. The van der Waals surface area contributed by atoms with Crippen LogP contribution in [-0.2, 0) is 12.8 Å². The van der Waals surface area contributed by atoms with E-state index in [1.54, 1.807) is 0 Å². The van der Waals surface area contributed by atoms with Crippen molar-refractivity contribution in [3.8, 4) is 23.0 Å². The molecule has 6 rings (SSSR count). The molecule has 2 N–H and O–H groups in total. The molecule has 0 fully saturated rings. The molecule has 4 aromatic carbocycles. The first-order valence-corrected chi connectivity index (χ1v) is 9.54. The maximum Gasteiger partial charge on any atom is 0.130 e. The van der Waals surface area contributed by atoms with E-state index in [-0.39, 0.29) is 5.48 Å². The van der Waals surface area contributed by atoms with Crippen molar-refractivity contribution in [3.63, 3.8) is 0 Å². The van der Waals surface area contributed by atoms with Crippen molar-refractivity contribution in [2.45, 2.75) is 12.8 Å². The predicted octanol–water partition coefficient (Wildman–Crippen LogP) is 5.94. The summed E-state index contributed by atoms with van der Waals surface area (Å²) in [6.45, 7) is 0. The first-order chi connectivity index (χ1) is 13.9. The van der Waals surface area contributed by atoms with Crippen LogP contribution in [-0.4, -0.2) is 5.48 Å². The second kappa shape index (κ2) is 8.21. The third-order valence-corrected chi connectivity index (χ3v) is 5.09. The van der Waals surface area contributed by atoms with Crippen molar-refractivity contribution in [3.05, 3.63) is 119 Å². The second-order valence-electron chi connectivity index (χ2n) is 6.99. The number of ether oxygens (including phenoxy) is 2. The van der Waals surface area contributed by atoms with E-state index in [4.69, 9.17) is 9.47 Å². The quantitative estimate of drug-likeness (QED) is 0.326. The van der Waals surface area contributed by atoms with Crippen molar-refractivity contribution < 1.29 is 14.9 Å². The van der Waals surface area contributed by atoms with E-state index in [1.807, 2.05) is 48.5 Å². The van der Waals surface area contributed by atoms with Crippen molar-refractivity contribution in [2.24, 2.45) is 0 Å². The molecule has 2 heterocycles. The van der Waals surface area contributed by atoms with Gasteiger partial charge in [-0.15, -0.1) is 0 Å². The van der Waals surface area contributed by atoms with Crippen molar-refractivity contribution in [1.29, 1.82) is 0 Å². The molecule has 0 atom stereocenters. The van der Waals surface area contributed by atoms with Crippen LogP contribution >= 0.6 is 0 Å². The fourth-order valence-corrected chi connectivity index (χ4v) is 3.65. The summed E-state index contributed by atoms with van der Waals surface area (Å²) < 4.78 is 11.6. The van der Waals surface area contributed by atoms with E-state index in [9.17, 15) is 0 Å². The Bertz CT molecular complexity index is 868. The molecule has 3 nitrogen and oxygen atoms in total. The Labute approximate surface area is 170 Å². The van der Waals surface area contributed by atoms with Gasteiger partial charge in [0.15, 0.2) is 0 Å². The summed E-state index contributed by atoms with van der Waals surface area (Å²) in [4.78, 5) is 0. The maximum absolute atomic E-state index is 5.78. The smallest absolute Gasteiger partial charge is 0.130 e. The van der Waals surface area contributed by atoms with Gasteiger partial charge >= 0.3 is 0 Å². The summed E-state index contributed by atoms with van der Waals surface area (Å²) in [5, 5.41) is 0. The first-order valence-electron chi connectivity index (χ1n) is 9.54. The molecular formula is C26H22O3. The van der Waals surface area contributed by atoms with Gasteiger partial charge < -0.3 is 14.9 Å². The molecule has 0 radical (unpaired) electrons. The van der Waals surface area contributed by atoms with Gasteiger partial charge in [0.05, 0.1) is 0 Å². The SMILES string of the molecule is O.c1ccc2c(c1)Cc1ccccc1O2.c1ccc2c(c1)Cc1ccccc1O2. The summed E-state index contributed by atoms with van der Waals surface area (Å²) >= 11 is 0. The van der Waals surface area contributed by atoms with Gasteiger partial charge in [-0.25, -0.2) is 0 Å². The van der Waals surface area contributed by atoms with E-state index in [0.29, 0.717) is 0 Å². The minimum Gasteiger partial charge on any atom is -0.457 e. The van der Waals surface area contributed by atoms with Gasteiger partial charge in [0.2, 0.25) is 0 Å². The van der Waals surface area contributed by atoms with Crippen LogP contribution in [0, 0.1) is 0 Å². The molecule has 3 heteroatoms. The Morgan fingerprint density at radius 1 is 0.379 bits per heavy atom. The molecule has 0 amide bonds. The fourth-order valence-electron chi connectivity index (χ4n) is 3.65. The summed E-state index contributed by atoms with van der Waals surface area (Å²) in [5.41, 5.74) is 5.08. The number of hydrogen-bond donors (Lipinski definition) is 0. The molecular weight excluding hydrogens is 360 g/mol. The van der Waals surface area contributed by atoms with E-state index in [1.165, 1.54) is 22.3 Å². The molecule has 2 aliphatic rings. The Kier molecular flexibility index (Phi) is 5.32. The highest BCUT2D eigenvalue weighted by Gasteiger charge is 2.15. The lowest BCUT2D eigenvalue weighted by Crippen LogP contribution is -2.01. The molecule has 0 unspecified atom stereocenters. The summed E-state index contributed by atoms with van der Waals surface area (Å²) in [7, 11) is 0. The van der Waals surface area contributed by atoms with Crippen molar-refractivity contribution >= 4 is 0 Å². The first kappa shape index (κ1) is 18.8. The molecule has 0 aromatic heterocycles. The Balaban J connectivity index is 0.000000137. The average molecular weight is 382 g/mol. The van der Waals surface area contributed by atoms with Crippen molar-refractivity contribution in [1.82, 2.24) is 0 Å². The molecule has 0 saturated heterocycles. The molecule has 29 heavy (non-hydrogen) atoms. The molecule has 0 saturated carbocycles. The van der Waals surface area contributed by atoms with Crippen LogP contribution in [0.3, 0.4) is 0 Å². The fraction of sp³-hybridized carbons (Fsp3) is 0.0769. The van der Waals surface area contributed by atoms with Gasteiger partial charge in [-0.3, -0.25) is 0 Å².